The molecule has 3 heterocycles. The molecule has 26 heavy (non-hydrogen) atoms. The molecule has 4 rings (SSSR count). The molecule has 0 spiro atoms. The van der Waals surface area contributed by atoms with Crippen molar-refractivity contribution in [3.63, 3.8) is 0 Å². The summed E-state index contributed by atoms with van der Waals surface area (Å²) >= 11 is 0. The number of aromatic amines is 2. The van der Waals surface area contributed by atoms with Crippen molar-refractivity contribution in [2.75, 3.05) is 13.7 Å². The largest absolute Gasteiger partial charge is 0.497 e. The number of rotatable bonds is 5. The van der Waals surface area contributed by atoms with Crippen LogP contribution in [0.1, 0.15) is 34.9 Å². The number of imidazole rings is 1. The van der Waals surface area contributed by atoms with Crippen LogP contribution in [0.15, 0.2) is 43.0 Å². The zero-order valence-electron chi connectivity index (χ0n) is 14.6. The molecule has 0 saturated carbocycles. The van der Waals surface area contributed by atoms with E-state index < -0.39 is 0 Å². The number of amides is 1. The van der Waals surface area contributed by atoms with Crippen molar-refractivity contribution in [1.29, 1.82) is 0 Å². The number of aryl methyl sites for hydroxylation is 1. The van der Waals surface area contributed by atoms with Crippen LogP contribution in [-0.2, 0) is 17.8 Å². The Kier molecular flexibility index (Phi) is 4.43. The molecule has 0 bridgehead atoms. The van der Waals surface area contributed by atoms with Gasteiger partial charge in [-0.3, -0.25) is 9.89 Å². The van der Waals surface area contributed by atoms with E-state index in [2.05, 4.69) is 26.2 Å². The zero-order chi connectivity index (χ0) is 17.9. The van der Waals surface area contributed by atoms with Crippen LogP contribution in [0.25, 0.3) is 0 Å². The SMILES string of the molecule is COc1cccc(C2CN(C(=O)CCc3cn[nH]c3)Cc3[nH]cnc32)c1. The van der Waals surface area contributed by atoms with E-state index in [1.165, 1.54) is 0 Å². The van der Waals surface area contributed by atoms with E-state index in [-0.39, 0.29) is 11.8 Å². The molecule has 0 aliphatic carbocycles. The second kappa shape index (κ2) is 7.03. The van der Waals surface area contributed by atoms with Crippen LogP contribution in [0.3, 0.4) is 0 Å². The number of methoxy groups -OCH3 is 1. The average molecular weight is 351 g/mol. The lowest BCUT2D eigenvalue weighted by molar-refractivity contribution is -0.132. The summed E-state index contributed by atoms with van der Waals surface area (Å²) in [5.41, 5.74) is 4.16. The molecule has 7 heteroatoms. The summed E-state index contributed by atoms with van der Waals surface area (Å²) in [7, 11) is 1.66. The lowest BCUT2D eigenvalue weighted by Gasteiger charge is -2.32. The van der Waals surface area contributed by atoms with Crippen LogP contribution in [0.4, 0.5) is 0 Å². The first kappa shape index (κ1) is 16.4. The van der Waals surface area contributed by atoms with E-state index in [0.717, 1.165) is 28.3 Å². The lowest BCUT2D eigenvalue weighted by atomic mass is 9.90. The van der Waals surface area contributed by atoms with Gasteiger partial charge in [-0.1, -0.05) is 12.1 Å². The van der Waals surface area contributed by atoms with Crippen molar-refractivity contribution in [2.45, 2.75) is 25.3 Å². The fourth-order valence-corrected chi connectivity index (χ4v) is 3.46. The summed E-state index contributed by atoms with van der Waals surface area (Å²) in [6, 6.07) is 7.97. The molecule has 2 N–H and O–H groups in total. The summed E-state index contributed by atoms with van der Waals surface area (Å²) in [5, 5.41) is 6.71. The fraction of sp³-hybridized carbons (Fsp3) is 0.316. The molecule has 0 fully saturated rings. The molecular formula is C19H21N5O2. The number of ether oxygens (including phenoxy) is 1. The van der Waals surface area contributed by atoms with Gasteiger partial charge in [-0.05, 0) is 29.7 Å². The van der Waals surface area contributed by atoms with E-state index in [1.54, 1.807) is 19.6 Å². The average Bonchev–Trinajstić information content (AvgIpc) is 3.36. The first-order valence-electron chi connectivity index (χ1n) is 8.66. The van der Waals surface area contributed by atoms with Gasteiger partial charge in [0.1, 0.15) is 5.75 Å². The molecule has 1 unspecified atom stereocenters. The Morgan fingerprint density at radius 3 is 3.15 bits per heavy atom. The van der Waals surface area contributed by atoms with Gasteiger partial charge in [-0.25, -0.2) is 4.98 Å². The molecule has 1 atom stereocenters. The monoisotopic (exact) mass is 351 g/mol. The summed E-state index contributed by atoms with van der Waals surface area (Å²) < 4.78 is 5.35. The molecule has 1 aromatic carbocycles. The maximum absolute atomic E-state index is 12.8. The Bertz CT molecular complexity index is 887. The highest BCUT2D eigenvalue weighted by molar-refractivity contribution is 5.77. The highest BCUT2D eigenvalue weighted by atomic mass is 16.5. The number of nitrogens with one attached hydrogen (secondary N) is 2. The van der Waals surface area contributed by atoms with E-state index >= 15 is 0 Å². The van der Waals surface area contributed by atoms with Gasteiger partial charge in [0.15, 0.2) is 0 Å². The lowest BCUT2D eigenvalue weighted by Crippen LogP contribution is -2.38. The Balaban J connectivity index is 1.54. The van der Waals surface area contributed by atoms with Gasteiger partial charge in [0, 0.05) is 25.1 Å². The number of H-pyrrole nitrogens is 2. The first-order valence-corrected chi connectivity index (χ1v) is 8.66. The number of aromatic nitrogens is 4. The van der Waals surface area contributed by atoms with E-state index in [9.17, 15) is 4.79 Å². The standard InChI is InChI=1S/C19H21N5O2/c1-26-15-4-2-3-14(7-15)16-10-24(11-17-19(16)21-12-20-17)18(25)6-5-13-8-22-23-9-13/h2-4,7-9,12,16H,5-6,10-11H2,1H3,(H,20,21)(H,22,23). The van der Waals surface area contributed by atoms with Crippen molar-refractivity contribution in [3.05, 3.63) is 65.5 Å². The van der Waals surface area contributed by atoms with Crippen molar-refractivity contribution in [1.82, 2.24) is 25.1 Å². The number of fused-ring (bicyclic) bond motifs is 1. The van der Waals surface area contributed by atoms with Crippen LogP contribution in [-0.4, -0.2) is 44.6 Å². The minimum atomic E-state index is 0.0398. The van der Waals surface area contributed by atoms with Crippen LogP contribution in [0.5, 0.6) is 5.75 Å². The minimum absolute atomic E-state index is 0.0398. The van der Waals surface area contributed by atoms with E-state index in [1.807, 2.05) is 29.3 Å². The second-order valence-electron chi connectivity index (χ2n) is 6.48. The second-order valence-corrected chi connectivity index (χ2v) is 6.48. The van der Waals surface area contributed by atoms with Gasteiger partial charge < -0.3 is 14.6 Å². The van der Waals surface area contributed by atoms with Gasteiger partial charge >= 0.3 is 0 Å². The molecule has 134 valence electrons. The van der Waals surface area contributed by atoms with E-state index in [0.29, 0.717) is 25.9 Å². The van der Waals surface area contributed by atoms with E-state index in [4.69, 9.17) is 4.74 Å². The molecule has 7 nitrogen and oxygen atoms in total. The van der Waals surface area contributed by atoms with Crippen molar-refractivity contribution >= 4 is 5.91 Å². The zero-order valence-corrected chi connectivity index (χ0v) is 14.6. The molecule has 0 saturated heterocycles. The van der Waals surface area contributed by atoms with Crippen molar-refractivity contribution in [3.8, 4) is 5.75 Å². The highest BCUT2D eigenvalue weighted by Gasteiger charge is 2.31. The third kappa shape index (κ3) is 3.20. The molecule has 0 radical (unpaired) electrons. The Hall–Kier alpha value is -3.09. The normalized spacial score (nSPS) is 16.3. The number of carbonyl (C=O) groups excluding carboxylic acids is 1. The highest BCUT2D eigenvalue weighted by Crippen LogP contribution is 2.33. The predicted molar refractivity (Wildman–Crippen MR) is 95.8 cm³/mol. The number of carbonyl (C=O) groups is 1. The topological polar surface area (TPSA) is 86.9 Å². The van der Waals surface area contributed by atoms with Crippen LogP contribution >= 0.6 is 0 Å². The van der Waals surface area contributed by atoms with Gasteiger partial charge in [0.25, 0.3) is 0 Å². The smallest absolute Gasteiger partial charge is 0.223 e. The van der Waals surface area contributed by atoms with Gasteiger partial charge in [-0.2, -0.15) is 5.10 Å². The minimum Gasteiger partial charge on any atom is -0.497 e. The van der Waals surface area contributed by atoms with Crippen LogP contribution in [0, 0.1) is 0 Å². The molecule has 1 aliphatic rings. The fourth-order valence-electron chi connectivity index (χ4n) is 3.46. The number of benzene rings is 1. The number of nitrogens with zero attached hydrogens (tertiary/aromatic N) is 3. The van der Waals surface area contributed by atoms with Crippen LogP contribution < -0.4 is 4.74 Å². The first-order chi connectivity index (χ1) is 12.7. The predicted octanol–water partition coefficient (Wildman–Crippen LogP) is 2.25. The summed E-state index contributed by atoms with van der Waals surface area (Å²) in [6.07, 6.45) is 6.45. The Morgan fingerprint density at radius 1 is 1.42 bits per heavy atom. The Labute approximate surface area is 151 Å². The van der Waals surface area contributed by atoms with Crippen molar-refractivity contribution in [2.24, 2.45) is 0 Å². The summed E-state index contributed by atoms with van der Waals surface area (Å²) in [4.78, 5) is 22.4. The molecule has 1 amide bonds. The Morgan fingerprint density at radius 2 is 2.35 bits per heavy atom. The summed E-state index contributed by atoms with van der Waals surface area (Å²) in [5.74, 6) is 0.986. The number of hydrogen-bond donors (Lipinski definition) is 2. The van der Waals surface area contributed by atoms with Gasteiger partial charge in [0.05, 0.1) is 37.6 Å². The third-order valence-corrected chi connectivity index (χ3v) is 4.86. The number of hydrogen-bond acceptors (Lipinski definition) is 4. The van der Waals surface area contributed by atoms with Crippen LogP contribution in [0.2, 0.25) is 0 Å². The third-order valence-electron chi connectivity index (χ3n) is 4.86. The maximum atomic E-state index is 12.8. The molecular weight excluding hydrogens is 330 g/mol. The quantitative estimate of drug-likeness (QED) is 0.738. The summed E-state index contributed by atoms with van der Waals surface area (Å²) in [6.45, 7) is 1.19. The van der Waals surface area contributed by atoms with Crippen molar-refractivity contribution < 1.29 is 9.53 Å². The molecule has 3 aromatic rings. The van der Waals surface area contributed by atoms with Gasteiger partial charge in [0.2, 0.25) is 5.91 Å². The maximum Gasteiger partial charge on any atom is 0.223 e. The molecule has 2 aromatic heterocycles. The molecule has 1 aliphatic heterocycles. The van der Waals surface area contributed by atoms with Gasteiger partial charge in [-0.15, -0.1) is 0 Å².